The normalized spacial score (nSPS) is 9.86. The van der Waals surface area contributed by atoms with Crippen LogP contribution in [-0.2, 0) is 0 Å². The summed E-state index contributed by atoms with van der Waals surface area (Å²) in [6, 6.07) is 13.5. The molecule has 0 radical (unpaired) electrons. The third-order valence-electron chi connectivity index (χ3n) is 2.77. The molecule has 0 saturated heterocycles. The highest BCUT2D eigenvalue weighted by atomic mass is 79.9. The molecule has 2 rings (SSSR count). The monoisotopic (exact) mass is 377 g/mol. The fourth-order valence-corrected chi connectivity index (χ4v) is 2.37. The number of amides is 2. The van der Waals surface area contributed by atoms with Crippen LogP contribution in [0, 0.1) is 0 Å². The molecule has 7 heteroatoms. The van der Waals surface area contributed by atoms with E-state index >= 15 is 0 Å². The third kappa shape index (κ3) is 4.12. The van der Waals surface area contributed by atoms with Gasteiger partial charge in [-0.2, -0.15) is 0 Å². The van der Waals surface area contributed by atoms with Gasteiger partial charge in [-0.05, 0) is 64.5 Å². The summed E-state index contributed by atoms with van der Waals surface area (Å²) in [7, 11) is 0. The maximum Gasteiger partial charge on any atom is 0.258 e. The van der Waals surface area contributed by atoms with Crippen molar-refractivity contribution in [2.24, 2.45) is 5.73 Å². The van der Waals surface area contributed by atoms with Crippen molar-refractivity contribution in [3.8, 4) is 0 Å². The Morgan fingerprint density at radius 3 is 2.27 bits per heavy atom. The van der Waals surface area contributed by atoms with Gasteiger partial charge in [0.05, 0.1) is 5.56 Å². The minimum atomic E-state index is -0.503. The summed E-state index contributed by atoms with van der Waals surface area (Å²) >= 11 is 8.40. The van der Waals surface area contributed by atoms with E-state index in [0.717, 1.165) is 0 Å². The summed E-state index contributed by atoms with van der Waals surface area (Å²) in [4.78, 5) is 23.1. The van der Waals surface area contributed by atoms with Gasteiger partial charge in [-0.1, -0.05) is 12.1 Å². The Hall–Kier alpha value is -2.25. The molecule has 0 bridgehead atoms. The van der Waals surface area contributed by atoms with E-state index in [-0.39, 0.29) is 11.0 Å². The molecular formula is C15H12BrN3O2S. The number of benzene rings is 2. The molecule has 0 fully saturated rings. The lowest BCUT2D eigenvalue weighted by Crippen LogP contribution is -2.34. The SMILES string of the molecule is NC(=O)c1ccc(NC(=S)NC(=O)c2ccccc2Br)cc1. The molecule has 0 atom stereocenters. The second-order valence-corrected chi connectivity index (χ2v) is 5.59. The van der Waals surface area contributed by atoms with Crippen LogP contribution in [0.3, 0.4) is 0 Å². The van der Waals surface area contributed by atoms with Crippen molar-refractivity contribution in [3.63, 3.8) is 0 Å². The van der Waals surface area contributed by atoms with Crippen molar-refractivity contribution >= 4 is 50.8 Å². The van der Waals surface area contributed by atoms with Crippen LogP contribution in [0.4, 0.5) is 5.69 Å². The minimum Gasteiger partial charge on any atom is -0.366 e. The summed E-state index contributed by atoms with van der Waals surface area (Å²) < 4.78 is 0.682. The minimum absolute atomic E-state index is 0.160. The van der Waals surface area contributed by atoms with E-state index in [4.69, 9.17) is 18.0 Å². The molecule has 0 aliphatic heterocycles. The molecule has 112 valence electrons. The fraction of sp³-hybridized carbons (Fsp3) is 0. The molecule has 22 heavy (non-hydrogen) atoms. The lowest BCUT2D eigenvalue weighted by Gasteiger charge is -2.10. The predicted octanol–water partition coefficient (Wildman–Crippen LogP) is 2.67. The van der Waals surface area contributed by atoms with Gasteiger partial charge in [-0.3, -0.25) is 14.9 Å². The van der Waals surface area contributed by atoms with E-state index in [1.807, 2.05) is 6.07 Å². The molecule has 5 nitrogen and oxygen atoms in total. The van der Waals surface area contributed by atoms with Crippen LogP contribution in [0.1, 0.15) is 20.7 Å². The molecular weight excluding hydrogens is 366 g/mol. The Balaban J connectivity index is 1.99. The Morgan fingerprint density at radius 1 is 1.05 bits per heavy atom. The molecule has 0 heterocycles. The van der Waals surface area contributed by atoms with Crippen molar-refractivity contribution < 1.29 is 9.59 Å². The van der Waals surface area contributed by atoms with Gasteiger partial charge in [-0.15, -0.1) is 0 Å². The lowest BCUT2D eigenvalue weighted by molar-refractivity contribution is 0.0974. The van der Waals surface area contributed by atoms with Crippen molar-refractivity contribution in [3.05, 3.63) is 64.1 Å². The summed E-state index contributed by atoms with van der Waals surface area (Å²) in [5.41, 5.74) is 6.68. The Kier molecular flexibility index (Phi) is 5.24. The Bertz CT molecular complexity index is 732. The number of rotatable bonds is 3. The van der Waals surface area contributed by atoms with Crippen molar-refractivity contribution in [1.29, 1.82) is 0 Å². The van der Waals surface area contributed by atoms with Crippen LogP contribution >= 0.6 is 28.1 Å². The smallest absolute Gasteiger partial charge is 0.258 e. The summed E-state index contributed by atoms with van der Waals surface area (Å²) in [5, 5.41) is 5.60. The number of halogens is 1. The van der Waals surface area contributed by atoms with Crippen molar-refractivity contribution in [1.82, 2.24) is 5.32 Å². The molecule has 0 spiro atoms. The summed E-state index contributed by atoms with van der Waals surface area (Å²) in [6.07, 6.45) is 0. The number of hydrogen-bond acceptors (Lipinski definition) is 3. The Morgan fingerprint density at radius 2 is 1.68 bits per heavy atom. The van der Waals surface area contributed by atoms with Gasteiger partial charge in [0.25, 0.3) is 5.91 Å². The highest BCUT2D eigenvalue weighted by Crippen LogP contribution is 2.15. The zero-order valence-corrected chi connectivity index (χ0v) is 13.7. The fourth-order valence-electron chi connectivity index (χ4n) is 1.70. The number of carbonyl (C=O) groups is 2. The van der Waals surface area contributed by atoms with Crippen molar-refractivity contribution in [2.45, 2.75) is 0 Å². The van der Waals surface area contributed by atoms with E-state index in [1.54, 1.807) is 42.5 Å². The third-order valence-corrected chi connectivity index (χ3v) is 3.67. The molecule has 0 saturated carbocycles. The molecule has 0 aliphatic carbocycles. The standard InChI is InChI=1S/C15H12BrN3O2S/c16-12-4-2-1-3-11(12)14(21)19-15(22)18-10-7-5-9(6-8-10)13(17)20/h1-8H,(H2,17,20)(H2,18,19,21,22). The van der Waals surface area contributed by atoms with E-state index in [9.17, 15) is 9.59 Å². The largest absolute Gasteiger partial charge is 0.366 e. The first kappa shape index (κ1) is 16.1. The number of nitrogens with two attached hydrogens (primary N) is 1. The van der Waals surface area contributed by atoms with Gasteiger partial charge in [0.15, 0.2) is 5.11 Å². The van der Waals surface area contributed by atoms with Gasteiger partial charge in [-0.25, -0.2) is 0 Å². The van der Waals surface area contributed by atoms with E-state index in [1.165, 1.54) is 0 Å². The predicted molar refractivity (Wildman–Crippen MR) is 92.8 cm³/mol. The average Bonchev–Trinajstić information content (AvgIpc) is 2.48. The zero-order chi connectivity index (χ0) is 16.1. The molecule has 4 N–H and O–H groups in total. The van der Waals surface area contributed by atoms with Gasteiger partial charge in [0.1, 0.15) is 0 Å². The number of primary amides is 1. The highest BCUT2D eigenvalue weighted by molar-refractivity contribution is 9.10. The number of anilines is 1. The van der Waals surface area contributed by atoms with Gasteiger partial charge in [0, 0.05) is 15.7 Å². The average molecular weight is 378 g/mol. The molecule has 2 aromatic carbocycles. The number of thiocarbonyl (C=S) groups is 1. The molecule has 0 aromatic heterocycles. The first-order valence-corrected chi connectivity index (χ1v) is 7.44. The first-order valence-electron chi connectivity index (χ1n) is 6.24. The van der Waals surface area contributed by atoms with Gasteiger partial charge < -0.3 is 11.1 Å². The quantitative estimate of drug-likeness (QED) is 0.717. The van der Waals surface area contributed by atoms with E-state index < -0.39 is 5.91 Å². The van der Waals surface area contributed by atoms with Crippen LogP contribution < -0.4 is 16.4 Å². The number of carbonyl (C=O) groups excluding carboxylic acids is 2. The molecule has 2 aromatic rings. The molecule has 2 amide bonds. The molecule has 0 unspecified atom stereocenters. The van der Waals surface area contributed by atoms with E-state index in [2.05, 4.69) is 26.6 Å². The molecule has 0 aliphatic rings. The van der Waals surface area contributed by atoms with Gasteiger partial charge in [0.2, 0.25) is 5.91 Å². The van der Waals surface area contributed by atoms with Crippen LogP contribution in [0.15, 0.2) is 53.0 Å². The van der Waals surface area contributed by atoms with Crippen molar-refractivity contribution in [2.75, 3.05) is 5.32 Å². The lowest BCUT2D eigenvalue weighted by atomic mass is 10.2. The van der Waals surface area contributed by atoms with E-state index in [0.29, 0.717) is 21.3 Å². The highest BCUT2D eigenvalue weighted by Gasteiger charge is 2.11. The Labute approximate surface area is 141 Å². The number of hydrogen-bond donors (Lipinski definition) is 3. The topological polar surface area (TPSA) is 84.2 Å². The van der Waals surface area contributed by atoms with Crippen LogP contribution in [-0.4, -0.2) is 16.9 Å². The maximum atomic E-state index is 12.1. The second kappa shape index (κ2) is 7.15. The van der Waals surface area contributed by atoms with Crippen LogP contribution in [0.2, 0.25) is 0 Å². The van der Waals surface area contributed by atoms with Crippen LogP contribution in [0.5, 0.6) is 0 Å². The number of nitrogens with one attached hydrogen (secondary N) is 2. The summed E-state index contributed by atoms with van der Waals surface area (Å²) in [5.74, 6) is -0.824. The second-order valence-electron chi connectivity index (χ2n) is 4.33. The van der Waals surface area contributed by atoms with Gasteiger partial charge >= 0.3 is 0 Å². The summed E-state index contributed by atoms with van der Waals surface area (Å²) in [6.45, 7) is 0. The van der Waals surface area contributed by atoms with Crippen LogP contribution in [0.25, 0.3) is 0 Å². The zero-order valence-electron chi connectivity index (χ0n) is 11.3. The first-order chi connectivity index (χ1) is 10.5. The maximum absolute atomic E-state index is 12.1.